The van der Waals surface area contributed by atoms with Gasteiger partial charge in [0.15, 0.2) is 0 Å². The topological polar surface area (TPSA) is 138 Å². The molecule has 12 nitrogen and oxygen atoms in total. The minimum atomic E-state index is -0.189. The number of carbonyl (C=O) groups excluding carboxylic acids is 2. The summed E-state index contributed by atoms with van der Waals surface area (Å²) in [4.78, 5) is 26.4. The highest BCUT2D eigenvalue weighted by atomic mass is 32.2. The zero-order valence-corrected chi connectivity index (χ0v) is 35.8. The number of nitrogens with one attached hydrogen (secondary N) is 4. The highest BCUT2D eigenvalue weighted by Crippen LogP contribution is 2.36. The van der Waals surface area contributed by atoms with E-state index < -0.39 is 0 Å². The van der Waals surface area contributed by atoms with Crippen molar-refractivity contribution in [3.63, 3.8) is 0 Å². The van der Waals surface area contributed by atoms with Crippen molar-refractivity contribution >= 4 is 35.7 Å². The first-order chi connectivity index (χ1) is 29.6. The lowest BCUT2D eigenvalue weighted by Crippen LogP contribution is -2.31. The average molecular weight is 859 g/mol. The molecule has 4 aromatic rings. The summed E-state index contributed by atoms with van der Waals surface area (Å²) in [6.45, 7) is 5.81. The van der Waals surface area contributed by atoms with Crippen molar-refractivity contribution in [2.45, 2.75) is 60.5 Å². The number of amides is 2. The molecule has 0 saturated carbocycles. The van der Waals surface area contributed by atoms with Crippen LogP contribution in [0.4, 0.5) is 0 Å². The van der Waals surface area contributed by atoms with Gasteiger partial charge in [-0.25, -0.2) is 0 Å². The molecule has 0 fully saturated rings. The maximum absolute atomic E-state index is 12.1. The standard InChI is InChI=1S/C46H58N4O8S2/c51-45(47-23-27-53-31-33-55-29-25-49-59-39-15-11-37(12-16-39)57-43-19-9-35-5-1-3-7-41(35)43)21-22-46(52)48-24-28-54-32-34-56-30-26-50-60-40-17-13-38(14-18-40)58-44-20-10-36-6-2-4-8-42(36)44/h1-8,11-18,43-44,49-50H,9-10,19-34H2,(H,47,51)(H,48,52). The predicted octanol–water partition coefficient (Wildman–Crippen LogP) is 6.79. The SMILES string of the molecule is O=C(CCC(=O)NCCOCCOCCNSc1ccc(OC2CCc3ccccc32)cc1)NCCOCCOCCNSc1ccc(OC2CCc3ccccc32)cc1. The van der Waals surface area contributed by atoms with Gasteiger partial charge in [-0.15, -0.1) is 0 Å². The quantitative estimate of drug-likeness (QED) is 0.0338. The van der Waals surface area contributed by atoms with Crippen molar-refractivity contribution in [1.29, 1.82) is 0 Å². The van der Waals surface area contributed by atoms with Crippen LogP contribution in [0.25, 0.3) is 0 Å². The highest BCUT2D eigenvalue weighted by Gasteiger charge is 2.24. The van der Waals surface area contributed by atoms with E-state index in [0.717, 1.165) is 47.0 Å². The Morgan fingerprint density at radius 3 is 1.28 bits per heavy atom. The molecular formula is C46H58N4O8S2. The Labute approximate surface area is 362 Å². The molecule has 2 unspecified atom stereocenters. The highest BCUT2D eigenvalue weighted by molar-refractivity contribution is 7.97. The molecule has 2 aliphatic carbocycles. The van der Waals surface area contributed by atoms with Gasteiger partial charge in [0.25, 0.3) is 0 Å². The second-order valence-electron chi connectivity index (χ2n) is 14.3. The largest absolute Gasteiger partial charge is 0.486 e. The van der Waals surface area contributed by atoms with E-state index in [4.69, 9.17) is 28.4 Å². The second-order valence-corrected chi connectivity index (χ2v) is 16.2. The third kappa shape index (κ3) is 16.1. The van der Waals surface area contributed by atoms with Crippen molar-refractivity contribution in [1.82, 2.24) is 20.1 Å². The second kappa shape index (κ2) is 26.3. The van der Waals surface area contributed by atoms with Crippen LogP contribution in [-0.4, -0.2) is 90.8 Å². The monoisotopic (exact) mass is 858 g/mol. The maximum atomic E-state index is 12.1. The molecule has 6 rings (SSSR count). The Kier molecular flexibility index (Phi) is 19.9. The van der Waals surface area contributed by atoms with Crippen molar-refractivity contribution in [3.8, 4) is 11.5 Å². The third-order valence-electron chi connectivity index (χ3n) is 9.90. The first-order valence-corrected chi connectivity index (χ1v) is 22.6. The van der Waals surface area contributed by atoms with E-state index in [2.05, 4.69) is 92.9 Å². The number of hydrogen-bond acceptors (Lipinski definition) is 12. The smallest absolute Gasteiger partial charge is 0.220 e. The summed E-state index contributed by atoms with van der Waals surface area (Å²) >= 11 is 3.12. The van der Waals surface area contributed by atoms with E-state index in [9.17, 15) is 9.59 Å². The number of rotatable bonds is 29. The van der Waals surface area contributed by atoms with E-state index in [-0.39, 0.29) is 36.9 Å². The summed E-state index contributed by atoms with van der Waals surface area (Å²) in [5, 5.41) is 5.55. The van der Waals surface area contributed by atoms with Gasteiger partial charge in [0, 0.05) is 48.8 Å². The Morgan fingerprint density at radius 1 is 0.483 bits per heavy atom. The van der Waals surface area contributed by atoms with E-state index in [1.807, 2.05) is 24.3 Å². The van der Waals surface area contributed by atoms with Gasteiger partial charge in [0.05, 0.1) is 52.9 Å². The van der Waals surface area contributed by atoms with Crippen molar-refractivity contribution in [3.05, 3.63) is 119 Å². The van der Waals surface area contributed by atoms with Gasteiger partial charge < -0.3 is 39.1 Å². The lowest BCUT2D eigenvalue weighted by molar-refractivity contribution is -0.126. The number of aryl methyl sites for hydroxylation is 2. The van der Waals surface area contributed by atoms with Gasteiger partial charge in [-0.05, 0) is 120 Å². The molecule has 4 aromatic carbocycles. The fourth-order valence-corrected chi connectivity index (χ4v) is 8.10. The zero-order valence-electron chi connectivity index (χ0n) is 34.2. The first-order valence-electron chi connectivity index (χ1n) is 20.9. The van der Waals surface area contributed by atoms with E-state index in [1.165, 1.54) is 22.3 Å². The van der Waals surface area contributed by atoms with Crippen molar-refractivity contribution in [2.75, 3.05) is 79.0 Å². The molecule has 14 heteroatoms. The zero-order chi connectivity index (χ0) is 41.5. The number of ether oxygens (including phenoxy) is 6. The molecule has 0 bridgehead atoms. The van der Waals surface area contributed by atoms with Gasteiger partial charge in [-0.2, -0.15) is 0 Å². The van der Waals surface area contributed by atoms with Crippen molar-refractivity contribution < 1.29 is 38.0 Å². The summed E-state index contributed by atoms with van der Waals surface area (Å²) in [7, 11) is 0. The van der Waals surface area contributed by atoms with Crippen LogP contribution in [-0.2, 0) is 41.4 Å². The molecular weight excluding hydrogens is 801 g/mol. The van der Waals surface area contributed by atoms with Crippen LogP contribution in [0.1, 0.15) is 60.1 Å². The van der Waals surface area contributed by atoms with Gasteiger partial charge in [0.1, 0.15) is 23.7 Å². The minimum Gasteiger partial charge on any atom is -0.486 e. The lowest BCUT2D eigenvalue weighted by Gasteiger charge is -2.15. The summed E-state index contributed by atoms with van der Waals surface area (Å²) < 4.78 is 41.4. The van der Waals surface area contributed by atoms with Gasteiger partial charge in [-0.3, -0.25) is 19.0 Å². The molecule has 0 heterocycles. The normalized spacial score (nSPS) is 15.3. The summed E-state index contributed by atoms with van der Waals surface area (Å²) in [6.07, 6.45) is 4.65. The first kappa shape index (κ1) is 45.4. The van der Waals surface area contributed by atoms with E-state index in [1.54, 1.807) is 23.9 Å². The van der Waals surface area contributed by atoms with Gasteiger partial charge >= 0.3 is 0 Å². The summed E-state index contributed by atoms with van der Waals surface area (Å²) in [5.41, 5.74) is 5.37. The number of fused-ring (bicyclic) bond motifs is 2. The minimum absolute atomic E-state index is 0.115. The van der Waals surface area contributed by atoms with E-state index in [0.29, 0.717) is 79.0 Å². The molecule has 0 aromatic heterocycles. The molecule has 0 radical (unpaired) electrons. The predicted molar refractivity (Wildman–Crippen MR) is 235 cm³/mol. The number of benzene rings is 4. The fraction of sp³-hybridized carbons (Fsp3) is 0.435. The summed E-state index contributed by atoms with van der Waals surface area (Å²) in [6, 6.07) is 33.3. The Hall–Kier alpha value is -4.12. The molecule has 60 heavy (non-hydrogen) atoms. The summed E-state index contributed by atoms with van der Waals surface area (Å²) in [5.74, 6) is 1.39. The van der Waals surface area contributed by atoms with Crippen LogP contribution in [0.3, 0.4) is 0 Å². The fourth-order valence-electron chi connectivity index (χ4n) is 6.85. The molecule has 0 spiro atoms. The van der Waals surface area contributed by atoms with E-state index >= 15 is 0 Å². The Morgan fingerprint density at radius 2 is 0.867 bits per heavy atom. The third-order valence-corrected chi connectivity index (χ3v) is 11.6. The molecule has 2 atom stereocenters. The maximum Gasteiger partial charge on any atom is 0.220 e. The lowest BCUT2D eigenvalue weighted by atomic mass is 10.1. The van der Waals surface area contributed by atoms with Crippen LogP contribution in [0.2, 0.25) is 0 Å². The Bertz CT molecular complexity index is 1740. The van der Waals surface area contributed by atoms with Crippen LogP contribution < -0.4 is 29.6 Å². The molecule has 322 valence electrons. The average Bonchev–Trinajstić information content (AvgIpc) is 3.88. The van der Waals surface area contributed by atoms with Crippen LogP contribution >= 0.6 is 23.9 Å². The molecule has 2 aliphatic rings. The van der Waals surface area contributed by atoms with Gasteiger partial charge in [0.2, 0.25) is 11.8 Å². The Balaban J connectivity index is 0.653. The van der Waals surface area contributed by atoms with Crippen LogP contribution in [0.15, 0.2) is 107 Å². The molecule has 0 aliphatic heterocycles. The number of hydrogen-bond donors (Lipinski definition) is 4. The molecule has 2 amide bonds. The van der Waals surface area contributed by atoms with Gasteiger partial charge in [-0.1, -0.05) is 48.5 Å². The molecule has 0 saturated heterocycles. The number of carbonyl (C=O) groups is 2. The van der Waals surface area contributed by atoms with Crippen LogP contribution in [0, 0.1) is 0 Å². The van der Waals surface area contributed by atoms with Crippen LogP contribution in [0.5, 0.6) is 11.5 Å². The van der Waals surface area contributed by atoms with Crippen molar-refractivity contribution in [2.24, 2.45) is 0 Å². The molecule has 4 N–H and O–H groups in total.